The number of methoxy groups -OCH3 is 1. The number of hydrogen-bond donors (Lipinski definition) is 2. The van der Waals surface area contributed by atoms with Crippen LogP contribution in [0.2, 0.25) is 0 Å². The number of rotatable bonds is 4. The smallest absolute Gasteiger partial charge is 0.338 e. The van der Waals surface area contributed by atoms with Crippen LogP contribution in [0.5, 0.6) is 0 Å². The average molecular weight is 299 g/mol. The Kier molecular flexibility index (Phi) is 5.18. The largest absolute Gasteiger partial charge is 0.467 e. The fourth-order valence-corrected chi connectivity index (χ4v) is 3.07. The van der Waals surface area contributed by atoms with Gasteiger partial charge in [0, 0.05) is 32.7 Å². The summed E-state index contributed by atoms with van der Waals surface area (Å²) in [4.78, 5) is 28.0. The molecule has 0 bridgehead atoms. The van der Waals surface area contributed by atoms with E-state index in [0.717, 1.165) is 45.6 Å². The molecule has 2 fully saturated rings. The van der Waals surface area contributed by atoms with Gasteiger partial charge >= 0.3 is 5.97 Å². The number of likely N-dealkylation sites (tertiary alicyclic amines) is 1. The maximum absolute atomic E-state index is 12.6. The van der Waals surface area contributed by atoms with Crippen LogP contribution >= 0.6 is 0 Å². The van der Waals surface area contributed by atoms with Gasteiger partial charge in [-0.1, -0.05) is 0 Å². The molecule has 2 saturated heterocycles. The van der Waals surface area contributed by atoms with Crippen LogP contribution in [0.3, 0.4) is 0 Å². The summed E-state index contributed by atoms with van der Waals surface area (Å²) in [6, 6.07) is -0.237. The summed E-state index contributed by atoms with van der Waals surface area (Å²) in [5.74, 6) is -0.558. The molecular weight excluding hydrogens is 274 g/mol. The van der Waals surface area contributed by atoms with Crippen LogP contribution in [0, 0.1) is 0 Å². The summed E-state index contributed by atoms with van der Waals surface area (Å²) < 4.78 is 4.62. The fourth-order valence-electron chi connectivity index (χ4n) is 3.07. The highest BCUT2D eigenvalue weighted by Crippen LogP contribution is 2.22. The highest BCUT2D eigenvalue weighted by Gasteiger charge is 2.40. The molecule has 7 nitrogen and oxygen atoms in total. The molecule has 2 rings (SSSR count). The first-order chi connectivity index (χ1) is 9.95. The van der Waals surface area contributed by atoms with Crippen LogP contribution in [0.25, 0.3) is 0 Å². The Morgan fingerprint density at radius 3 is 2.62 bits per heavy atom. The van der Waals surface area contributed by atoms with E-state index < -0.39 is 11.6 Å². The van der Waals surface area contributed by atoms with E-state index in [9.17, 15) is 14.7 Å². The molecular formula is C14H25N3O4. The molecule has 7 heteroatoms. The number of ether oxygens (including phenoxy) is 1. The van der Waals surface area contributed by atoms with E-state index in [-0.39, 0.29) is 18.5 Å². The molecule has 2 aliphatic heterocycles. The molecule has 120 valence electrons. The summed E-state index contributed by atoms with van der Waals surface area (Å²) in [6.07, 6.45) is 1.68. The van der Waals surface area contributed by atoms with Crippen LogP contribution in [-0.2, 0) is 14.3 Å². The maximum atomic E-state index is 12.6. The molecule has 2 heterocycles. The van der Waals surface area contributed by atoms with Crippen molar-refractivity contribution in [2.75, 3.05) is 46.4 Å². The fraction of sp³-hybridized carbons (Fsp3) is 0.857. The highest BCUT2D eigenvalue weighted by atomic mass is 16.5. The van der Waals surface area contributed by atoms with Crippen LogP contribution in [0.1, 0.15) is 19.8 Å². The Morgan fingerprint density at radius 1 is 1.33 bits per heavy atom. The van der Waals surface area contributed by atoms with E-state index in [1.807, 2.05) is 9.80 Å². The minimum absolute atomic E-state index is 0.106. The second-order valence-corrected chi connectivity index (χ2v) is 5.97. The monoisotopic (exact) mass is 299 g/mol. The number of β-amino-alcohol motifs (C(OH)–C–C–N with tert-alkyl or cyclic N) is 1. The second kappa shape index (κ2) is 6.72. The lowest BCUT2D eigenvalue weighted by atomic mass is 10.1. The average Bonchev–Trinajstić information content (AvgIpc) is 2.93. The Hall–Kier alpha value is -1.18. The highest BCUT2D eigenvalue weighted by molar-refractivity contribution is 5.83. The lowest BCUT2D eigenvalue weighted by Gasteiger charge is -2.35. The number of aliphatic hydroxyl groups is 1. The SMILES string of the molecule is COC(=O)C(C)(O)CN1CCCC1C(=O)N1CCNCC1. The molecule has 2 N–H and O–H groups in total. The van der Waals surface area contributed by atoms with Crippen molar-refractivity contribution < 1.29 is 19.4 Å². The second-order valence-electron chi connectivity index (χ2n) is 5.97. The van der Waals surface area contributed by atoms with Crippen molar-refractivity contribution in [3.05, 3.63) is 0 Å². The molecule has 0 aliphatic carbocycles. The van der Waals surface area contributed by atoms with Gasteiger partial charge in [0.25, 0.3) is 0 Å². The predicted molar refractivity (Wildman–Crippen MR) is 76.7 cm³/mol. The third-order valence-corrected chi connectivity index (χ3v) is 4.21. The summed E-state index contributed by atoms with van der Waals surface area (Å²) >= 11 is 0. The van der Waals surface area contributed by atoms with Gasteiger partial charge in [-0.15, -0.1) is 0 Å². The number of carbonyl (C=O) groups is 2. The lowest BCUT2D eigenvalue weighted by molar-refractivity contribution is -0.163. The van der Waals surface area contributed by atoms with Gasteiger partial charge in [-0.05, 0) is 26.3 Å². The van der Waals surface area contributed by atoms with E-state index >= 15 is 0 Å². The van der Waals surface area contributed by atoms with Gasteiger partial charge in [-0.25, -0.2) is 4.79 Å². The van der Waals surface area contributed by atoms with Crippen molar-refractivity contribution in [1.29, 1.82) is 0 Å². The minimum Gasteiger partial charge on any atom is -0.467 e. The van der Waals surface area contributed by atoms with Gasteiger partial charge in [0.05, 0.1) is 13.2 Å². The molecule has 0 radical (unpaired) electrons. The van der Waals surface area contributed by atoms with Crippen LogP contribution in [0.4, 0.5) is 0 Å². The van der Waals surface area contributed by atoms with Crippen LogP contribution < -0.4 is 5.32 Å². The molecule has 0 aromatic rings. The zero-order valence-electron chi connectivity index (χ0n) is 12.8. The molecule has 1 amide bonds. The maximum Gasteiger partial charge on any atom is 0.338 e. The Balaban J connectivity index is 1.99. The molecule has 0 saturated carbocycles. The van der Waals surface area contributed by atoms with Gasteiger partial charge < -0.3 is 20.1 Å². The van der Waals surface area contributed by atoms with E-state index in [1.54, 1.807) is 0 Å². The number of esters is 1. The number of amides is 1. The predicted octanol–water partition coefficient (Wildman–Crippen LogP) is -1.19. The van der Waals surface area contributed by atoms with E-state index in [1.165, 1.54) is 14.0 Å². The van der Waals surface area contributed by atoms with Crippen LogP contribution in [-0.4, -0.2) is 84.8 Å². The molecule has 2 atom stereocenters. The first-order valence-electron chi connectivity index (χ1n) is 7.50. The standard InChI is InChI=1S/C14H25N3O4/c1-14(20,13(19)21-2)10-17-7-3-4-11(17)12(18)16-8-5-15-6-9-16/h11,15,20H,3-10H2,1-2H3. The van der Waals surface area contributed by atoms with Gasteiger partial charge in [-0.2, -0.15) is 0 Å². The Bertz CT molecular complexity index is 394. The molecule has 2 unspecified atom stereocenters. The molecule has 0 spiro atoms. The lowest BCUT2D eigenvalue weighted by Crippen LogP contribution is -2.55. The van der Waals surface area contributed by atoms with E-state index in [0.29, 0.717) is 0 Å². The molecule has 0 aromatic carbocycles. The quantitative estimate of drug-likeness (QED) is 0.635. The van der Waals surface area contributed by atoms with E-state index in [2.05, 4.69) is 10.1 Å². The van der Waals surface area contributed by atoms with Gasteiger partial charge in [0.1, 0.15) is 0 Å². The molecule has 21 heavy (non-hydrogen) atoms. The van der Waals surface area contributed by atoms with Gasteiger partial charge in [-0.3, -0.25) is 9.69 Å². The third kappa shape index (κ3) is 3.72. The summed E-state index contributed by atoms with van der Waals surface area (Å²) in [6.45, 7) is 5.35. The van der Waals surface area contributed by atoms with Gasteiger partial charge in [0.2, 0.25) is 5.91 Å². The zero-order chi connectivity index (χ0) is 15.5. The summed E-state index contributed by atoms with van der Waals surface area (Å²) in [5, 5.41) is 13.4. The topological polar surface area (TPSA) is 82.1 Å². The van der Waals surface area contributed by atoms with Crippen molar-refractivity contribution >= 4 is 11.9 Å². The normalized spacial score (nSPS) is 26.4. The number of piperazine rings is 1. The van der Waals surface area contributed by atoms with Gasteiger partial charge in [0.15, 0.2) is 5.60 Å². The number of nitrogens with zero attached hydrogens (tertiary/aromatic N) is 2. The summed E-state index contributed by atoms with van der Waals surface area (Å²) in [7, 11) is 1.25. The molecule has 0 aromatic heterocycles. The van der Waals surface area contributed by atoms with Crippen LogP contribution in [0.15, 0.2) is 0 Å². The van der Waals surface area contributed by atoms with Crippen molar-refractivity contribution in [2.24, 2.45) is 0 Å². The molecule has 2 aliphatic rings. The van der Waals surface area contributed by atoms with Crippen molar-refractivity contribution in [3.8, 4) is 0 Å². The zero-order valence-corrected chi connectivity index (χ0v) is 12.8. The van der Waals surface area contributed by atoms with E-state index in [4.69, 9.17) is 0 Å². The minimum atomic E-state index is -1.58. The first-order valence-corrected chi connectivity index (χ1v) is 7.50. The van der Waals surface area contributed by atoms with Crippen molar-refractivity contribution in [2.45, 2.75) is 31.4 Å². The number of hydrogen-bond acceptors (Lipinski definition) is 6. The Morgan fingerprint density at radius 2 is 2.00 bits per heavy atom. The Labute approximate surface area is 125 Å². The van der Waals surface area contributed by atoms with Crippen molar-refractivity contribution in [3.63, 3.8) is 0 Å². The van der Waals surface area contributed by atoms with Crippen molar-refractivity contribution in [1.82, 2.24) is 15.1 Å². The number of carbonyl (C=O) groups excluding carboxylic acids is 2. The first kappa shape index (κ1) is 16.2. The third-order valence-electron chi connectivity index (χ3n) is 4.21. The number of nitrogens with one attached hydrogen (secondary N) is 1. The summed E-state index contributed by atoms with van der Waals surface area (Å²) in [5.41, 5.74) is -1.58.